The molecule has 0 aliphatic carbocycles. The normalized spacial score (nSPS) is 16.5. The second-order valence-corrected chi connectivity index (χ2v) is 4.71. The third-order valence-corrected chi connectivity index (χ3v) is 3.05. The predicted molar refractivity (Wildman–Crippen MR) is 64.2 cm³/mol. The first-order valence-corrected chi connectivity index (χ1v) is 5.72. The van der Waals surface area contributed by atoms with Crippen molar-refractivity contribution < 1.29 is 0 Å². The van der Waals surface area contributed by atoms with Gasteiger partial charge in [-0.3, -0.25) is 0 Å². The fraction of sp³-hybridized carbons (Fsp3) is 0.300. The van der Waals surface area contributed by atoms with Crippen LogP contribution < -0.4 is 4.90 Å². The molecular weight excluding hydrogens is 247 g/mol. The van der Waals surface area contributed by atoms with Crippen LogP contribution in [-0.2, 0) is 0 Å². The van der Waals surface area contributed by atoms with E-state index in [1.807, 2.05) is 6.07 Å². The van der Waals surface area contributed by atoms with Crippen LogP contribution in [0.25, 0.3) is 11.0 Å². The molecule has 4 nitrogen and oxygen atoms in total. The standard InChI is InChI=1S/C10H8Cl2N4/c11-6-3-16(4-6)10-9-7(13-5-14-10)1-2-8(12)15-9/h1-2,5-6H,3-4H2. The Hall–Kier alpha value is -1.13. The first kappa shape index (κ1) is 10.1. The lowest BCUT2D eigenvalue weighted by atomic mass is 10.2. The summed E-state index contributed by atoms with van der Waals surface area (Å²) in [6.45, 7) is 1.59. The highest BCUT2D eigenvalue weighted by atomic mass is 35.5. The lowest BCUT2D eigenvalue weighted by Gasteiger charge is -2.36. The van der Waals surface area contributed by atoms with Crippen molar-refractivity contribution in [2.24, 2.45) is 0 Å². The first-order valence-electron chi connectivity index (χ1n) is 4.90. The number of hydrogen-bond acceptors (Lipinski definition) is 4. The number of nitrogens with zero attached hydrogens (tertiary/aromatic N) is 4. The number of anilines is 1. The SMILES string of the molecule is Clc1ccc2ncnc(N3CC(Cl)C3)c2n1. The van der Waals surface area contributed by atoms with Gasteiger partial charge in [0.15, 0.2) is 5.82 Å². The molecule has 0 amide bonds. The van der Waals surface area contributed by atoms with Crippen LogP contribution in [0.4, 0.5) is 5.82 Å². The zero-order valence-electron chi connectivity index (χ0n) is 8.27. The van der Waals surface area contributed by atoms with Crippen LogP contribution in [0.5, 0.6) is 0 Å². The van der Waals surface area contributed by atoms with E-state index >= 15 is 0 Å². The Labute approximate surface area is 102 Å². The van der Waals surface area contributed by atoms with E-state index in [0.29, 0.717) is 5.15 Å². The van der Waals surface area contributed by atoms with Gasteiger partial charge in [-0.1, -0.05) is 11.6 Å². The fourth-order valence-electron chi connectivity index (χ4n) is 1.73. The monoisotopic (exact) mass is 254 g/mol. The minimum atomic E-state index is 0.198. The minimum Gasteiger partial charge on any atom is -0.352 e. The summed E-state index contributed by atoms with van der Waals surface area (Å²) in [5.74, 6) is 0.810. The topological polar surface area (TPSA) is 41.9 Å². The van der Waals surface area contributed by atoms with Gasteiger partial charge in [0.2, 0.25) is 0 Å². The molecule has 3 heterocycles. The van der Waals surface area contributed by atoms with Gasteiger partial charge in [0.05, 0.1) is 10.9 Å². The predicted octanol–water partition coefficient (Wildman–Crippen LogP) is 2.11. The Balaban J connectivity index is 2.13. The van der Waals surface area contributed by atoms with Gasteiger partial charge in [-0.2, -0.15) is 0 Å². The van der Waals surface area contributed by atoms with Crippen LogP contribution in [0.1, 0.15) is 0 Å². The van der Waals surface area contributed by atoms with Crippen molar-refractivity contribution in [2.45, 2.75) is 5.38 Å². The molecule has 3 rings (SSSR count). The van der Waals surface area contributed by atoms with Gasteiger partial charge < -0.3 is 4.90 Å². The van der Waals surface area contributed by atoms with Crippen molar-refractivity contribution in [1.82, 2.24) is 15.0 Å². The number of aromatic nitrogens is 3. The van der Waals surface area contributed by atoms with Gasteiger partial charge >= 0.3 is 0 Å². The molecule has 6 heteroatoms. The third-order valence-electron chi connectivity index (χ3n) is 2.57. The zero-order valence-corrected chi connectivity index (χ0v) is 9.78. The number of hydrogen-bond donors (Lipinski definition) is 0. The molecule has 1 aliphatic heterocycles. The van der Waals surface area contributed by atoms with Crippen LogP contribution in [0.3, 0.4) is 0 Å². The molecule has 0 N–H and O–H groups in total. The van der Waals surface area contributed by atoms with Gasteiger partial charge in [0.25, 0.3) is 0 Å². The molecule has 0 radical (unpaired) electrons. The van der Waals surface area contributed by atoms with E-state index < -0.39 is 0 Å². The van der Waals surface area contributed by atoms with Crippen LogP contribution in [0.2, 0.25) is 5.15 Å². The molecule has 2 aromatic heterocycles. The molecule has 0 unspecified atom stereocenters. The Morgan fingerprint density at radius 1 is 1.25 bits per heavy atom. The van der Waals surface area contributed by atoms with Gasteiger partial charge in [-0.15, -0.1) is 11.6 Å². The number of fused-ring (bicyclic) bond motifs is 1. The van der Waals surface area contributed by atoms with Gasteiger partial charge in [-0.05, 0) is 12.1 Å². The molecule has 2 aromatic rings. The minimum absolute atomic E-state index is 0.198. The van der Waals surface area contributed by atoms with E-state index in [-0.39, 0.29) is 5.38 Å². The van der Waals surface area contributed by atoms with Crippen LogP contribution in [0, 0.1) is 0 Å². The fourth-order valence-corrected chi connectivity index (χ4v) is 2.21. The second kappa shape index (κ2) is 3.71. The highest BCUT2D eigenvalue weighted by Gasteiger charge is 2.27. The van der Waals surface area contributed by atoms with E-state index in [0.717, 1.165) is 29.9 Å². The summed E-state index contributed by atoms with van der Waals surface area (Å²) < 4.78 is 0. The van der Waals surface area contributed by atoms with Gasteiger partial charge in [0, 0.05) is 13.1 Å². The molecule has 0 atom stereocenters. The Morgan fingerprint density at radius 2 is 2.06 bits per heavy atom. The van der Waals surface area contributed by atoms with Crippen LogP contribution in [0.15, 0.2) is 18.5 Å². The van der Waals surface area contributed by atoms with E-state index in [9.17, 15) is 0 Å². The lowest BCUT2D eigenvalue weighted by Crippen LogP contribution is -2.48. The Morgan fingerprint density at radius 3 is 2.81 bits per heavy atom. The van der Waals surface area contributed by atoms with Crippen molar-refractivity contribution in [3.05, 3.63) is 23.6 Å². The molecule has 1 fully saturated rings. The Kier molecular flexibility index (Phi) is 2.33. The number of rotatable bonds is 1. The number of pyridine rings is 1. The smallest absolute Gasteiger partial charge is 0.158 e. The largest absolute Gasteiger partial charge is 0.352 e. The second-order valence-electron chi connectivity index (χ2n) is 3.70. The summed E-state index contributed by atoms with van der Waals surface area (Å²) in [6.07, 6.45) is 1.54. The summed E-state index contributed by atoms with van der Waals surface area (Å²) in [6, 6.07) is 3.56. The summed E-state index contributed by atoms with van der Waals surface area (Å²) in [4.78, 5) is 14.7. The van der Waals surface area contributed by atoms with E-state index in [2.05, 4.69) is 19.9 Å². The molecule has 0 saturated carbocycles. The molecule has 0 spiro atoms. The summed E-state index contributed by atoms with van der Waals surface area (Å²) in [7, 11) is 0. The van der Waals surface area contributed by atoms with E-state index in [1.54, 1.807) is 6.07 Å². The zero-order chi connectivity index (χ0) is 11.1. The van der Waals surface area contributed by atoms with Crippen molar-refractivity contribution in [3.63, 3.8) is 0 Å². The molecule has 0 aromatic carbocycles. The quantitative estimate of drug-likeness (QED) is 0.578. The molecule has 16 heavy (non-hydrogen) atoms. The molecule has 0 bridgehead atoms. The lowest BCUT2D eigenvalue weighted by molar-refractivity contribution is 0.620. The molecule has 1 saturated heterocycles. The van der Waals surface area contributed by atoms with Gasteiger partial charge in [-0.25, -0.2) is 15.0 Å². The summed E-state index contributed by atoms with van der Waals surface area (Å²) in [5, 5.41) is 0.649. The maximum absolute atomic E-state index is 5.94. The average molecular weight is 255 g/mol. The van der Waals surface area contributed by atoms with Crippen molar-refractivity contribution in [3.8, 4) is 0 Å². The first-order chi connectivity index (χ1) is 7.74. The maximum atomic E-state index is 5.94. The maximum Gasteiger partial charge on any atom is 0.158 e. The van der Waals surface area contributed by atoms with Gasteiger partial charge in [0.1, 0.15) is 17.0 Å². The highest BCUT2D eigenvalue weighted by molar-refractivity contribution is 6.29. The molecule has 82 valence electrons. The molecule has 1 aliphatic rings. The van der Waals surface area contributed by atoms with Crippen molar-refractivity contribution in [2.75, 3.05) is 18.0 Å². The Bertz CT molecular complexity index is 539. The summed E-state index contributed by atoms with van der Waals surface area (Å²) >= 11 is 11.8. The van der Waals surface area contributed by atoms with Crippen molar-refractivity contribution in [1.29, 1.82) is 0 Å². The van der Waals surface area contributed by atoms with E-state index in [1.165, 1.54) is 6.33 Å². The number of halogens is 2. The third kappa shape index (κ3) is 1.58. The van der Waals surface area contributed by atoms with Crippen LogP contribution >= 0.6 is 23.2 Å². The molecular formula is C10H8Cl2N4. The summed E-state index contributed by atoms with van der Waals surface area (Å²) in [5.41, 5.74) is 1.53. The number of alkyl halides is 1. The van der Waals surface area contributed by atoms with E-state index in [4.69, 9.17) is 23.2 Å². The van der Waals surface area contributed by atoms with Crippen LogP contribution in [-0.4, -0.2) is 33.4 Å². The van der Waals surface area contributed by atoms with Crippen molar-refractivity contribution >= 4 is 40.1 Å². The highest BCUT2D eigenvalue weighted by Crippen LogP contribution is 2.27. The average Bonchev–Trinajstić information content (AvgIpc) is 2.24.